The lowest BCUT2D eigenvalue weighted by molar-refractivity contribution is -0.289. The quantitative estimate of drug-likeness (QED) is 0.433. The van der Waals surface area contributed by atoms with Crippen molar-refractivity contribution in [2.24, 2.45) is 0 Å². The van der Waals surface area contributed by atoms with Gasteiger partial charge in [0, 0.05) is 32.1 Å². The van der Waals surface area contributed by atoms with Crippen molar-refractivity contribution < 1.29 is 28.8 Å². The number of thiocarbonyl (C=S) groups is 1. The van der Waals surface area contributed by atoms with Gasteiger partial charge in [-0.3, -0.25) is 0 Å². The molecule has 2 aromatic carbocycles. The summed E-state index contributed by atoms with van der Waals surface area (Å²) in [5.74, 6) is 0.760. The fourth-order valence-corrected chi connectivity index (χ4v) is 4.32. The molecule has 2 heterocycles. The number of anilines is 1. The Balaban J connectivity index is 1.39. The molecule has 5 atom stereocenters. The summed E-state index contributed by atoms with van der Waals surface area (Å²) in [6, 6.07) is 14.2. The Morgan fingerprint density at radius 2 is 1.75 bits per heavy atom. The van der Waals surface area contributed by atoms with E-state index in [-0.39, 0.29) is 29.2 Å². The van der Waals surface area contributed by atoms with Gasteiger partial charge >= 0.3 is 0 Å². The number of benzene rings is 2. The van der Waals surface area contributed by atoms with Gasteiger partial charge in [0.25, 0.3) is 5.17 Å². The molecule has 1 aliphatic rings. The van der Waals surface area contributed by atoms with Crippen LogP contribution in [0.15, 0.2) is 54.9 Å². The van der Waals surface area contributed by atoms with Crippen LogP contribution in [0.25, 0.3) is 17.1 Å². The van der Waals surface area contributed by atoms with Crippen molar-refractivity contribution in [3.05, 3.63) is 54.9 Å². The van der Waals surface area contributed by atoms with Crippen LogP contribution in [0.4, 0.5) is 5.69 Å². The topological polar surface area (TPSA) is 109 Å². The molecule has 0 unspecified atom stereocenters. The van der Waals surface area contributed by atoms with Crippen molar-refractivity contribution in [2.75, 3.05) is 26.1 Å². The van der Waals surface area contributed by atoms with Crippen LogP contribution in [0.5, 0.6) is 5.75 Å². The van der Waals surface area contributed by atoms with Crippen LogP contribution >= 0.6 is 12.2 Å². The molecule has 1 saturated heterocycles. The normalized spacial score (nSPS) is 23.8. The van der Waals surface area contributed by atoms with Crippen molar-refractivity contribution >= 4 is 23.1 Å². The van der Waals surface area contributed by atoms with Crippen molar-refractivity contribution in [3.63, 3.8) is 0 Å². The molecule has 1 aliphatic heterocycles. The van der Waals surface area contributed by atoms with Gasteiger partial charge in [-0.2, -0.15) is 0 Å². The lowest BCUT2D eigenvalue weighted by atomic mass is 9.99. The fourth-order valence-electron chi connectivity index (χ4n) is 4.10. The van der Waals surface area contributed by atoms with E-state index in [0.717, 1.165) is 16.9 Å². The number of aromatic hydroxyl groups is 1. The molecule has 2 N–H and O–H groups in total. The lowest BCUT2D eigenvalue weighted by Gasteiger charge is -2.43. The summed E-state index contributed by atoms with van der Waals surface area (Å²) in [6.07, 6.45) is -0.607. The monoisotopic (exact) mass is 514 g/mol. The first kappa shape index (κ1) is 26.0. The number of methoxy groups -OCH3 is 2. The number of nitrogens with one attached hydrogen (secondary N) is 1. The third kappa shape index (κ3) is 5.82. The summed E-state index contributed by atoms with van der Waals surface area (Å²) in [5.41, 5.74) is 2.36. The molecule has 192 valence electrons. The van der Waals surface area contributed by atoms with E-state index in [4.69, 9.17) is 35.9 Å². The highest BCUT2D eigenvalue weighted by molar-refractivity contribution is 7.80. The molecule has 0 bridgehead atoms. The number of aromatic nitrogens is 3. The van der Waals surface area contributed by atoms with Gasteiger partial charge in [0.05, 0.1) is 11.8 Å². The van der Waals surface area contributed by atoms with Crippen LogP contribution in [0.2, 0.25) is 0 Å². The highest BCUT2D eigenvalue weighted by Crippen LogP contribution is 2.28. The maximum Gasteiger partial charge on any atom is 0.263 e. The van der Waals surface area contributed by atoms with E-state index >= 15 is 0 Å². The van der Waals surface area contributed by atoms with E-state index in [0.29, 0.717) is 12.4 Å². The number of phenols is 1. The summed E-state index contributed by atoms with van der Waals surface area (Å²) >= 11 is 5.42. The van der Waals surface area contributed by atoms with Gasteiger partial charge < -0.3 is 34.1 Å². The Kier molecular flexibility index (Phi) is 8.49. The fraction of sp³-hybridized carbons (Fsp3) is 0.400. The lowest BCUT2D eigenvalue weighted by Crippen LogP contribution is -2.60. The number of ether oxygens (including phenoxy) is 5. The number of rotatable bonds is 8. The Bertz CT molecular complexity index is 1140. The average Bonchev–Trinajstić information content (AvgIpc) is 3.36. The van der Waals surface area contributed by atoms with Crippen molar-refractivity contribution in [1.29, 1.82) is 0 Å². The Morgan fingerprint density at radius 1 is 1.06 bits per heavy atom. The summed E-state index contributed by atoms with van der Waals surface area (Å²) in [6.45, 7) is 4.31. The van der Waals surface area contributed by atoms with E-state index in [2.05, 4.69) is 15.4 Å². The van der Waals surface area contributed by atoms with Gasteiger partial charge in [0.15, 0.2) is 5.82 Å². The standard InChI is InChI=1S/C25H30N4O6S/c1-5-33-21-20(31-3)15(2)34-24(22(21)32-4)35-25(36)27-17-8-6-16(7-9-17)23-26-14-29(28-23)18-10-12-19(30)13-11-18/h6-15,20-22,24,30H,5H2,1-4H3,(H,27,36)/t15-,20-,21+,22+,24-/m0/s1. The molecule has 0 aliphatic carbocycles. The van der Waals surface area contributed by atoms with Crippen LogP contribution in [0.1, 0.15) is 13.8 Å². The molecule has 36 heavy (non-hydrogen) atoms. The van der Waals surface area contributed by atoms with Gasteiger partial charge in [-0.15, -0.1) is 5.10 Å². The third-order valence-electron chi connectivity index (χ3n) is 5.85. The smallest absolute Gasteiger partial charge is 0.263 e. The molecule has 1 fully saturated rings. The minimum Gasteiger partial charge on any atom is -0.508 e. The third-order valence-corrected chi connectivity index (χ3v) is 6.05. The molecule has 11 heteroatoms. The first-order valence-corrected chi connectivity index (χ1v) is 12.0. The van der Waals surface area contributed by atoms with Crippen LogP contribution in [-0.4, -0.2) is 76.6 Å². The summed E-state index contributed by atoms with van der Waals surface area (Å²) in [4.78, 5) is 4.38. The largest absolute Gasteiger partial charge is 0.508 e. The first-order valence-electron chi connectivity index (χ1n) is 11.5. The van der Waals surface area contributed by atoms with E-state index < -0.39 is 12.4 Å². The summed E-state index contributed by atoms with van der Waals surface area (Å²) in [5, 5.41) is 17.2. The van der Waals surface area contributed by atoms with E-state index in [9.17, 15) is 5.11 Å². The van der Waals surface area contributed by atoms with Crippen molar-refractivity contribution in [3.8, 4) is 22.8 Å². The second-order valence-corrected chi connectivity index (χ2v) is 8.54. The zero-order chi connectivity index (χ0) is 25.7. The first-order chi connectivity index (χ1) is 17.4. The van der Waals surface area contributed by atoms with E-state index in [1.54, 1.807) is 49.5 Å². The molecule has 10 nitrogen and oxygen atoms in total. The number of nitrogens with zero attached hydrogens (tertiary/aromatic N) is 3. The van der Waals surface area contributed by atoms with E-state index in [1.165, 1.54) is 0 Å². The Morgan fingerprint density at radius 3 is 2.39 bits per heavy atom. The van der Waals surface area contributed by atoms with Crippen molar-refractivity contribution in [2.45, 2.75) is 44.6 Å². The molecule has 3 aromatic rings. The van der Waals surface area contributed by atoms with Crippen LogP contribution in [0, 0.1) is 0 Å². The van der Waals surface area contributed by atoms with Gasteiger partial charge in [-0.1, -0.05) is 0 Å². The van der Waals surface area contributed by atoms with Gasteiger partial charge in [-0.05, 0) is 74.6 Å². The second-order valence-electron chi connectivity index (χ2n) is 8.17. The highest BCUT2D eigenvalue weighted by Gasteiger charge is 2.47. The Hall–Kier alpha value is -3.09. The zero-order valence-electron chi connectivity index (χ0n) is 20.5. The second kappa shape index (κ2) is 11.8. The highest BCUT2D eigenvalue weighted by atomic mass is 32.1. The maximum absolute atomic E-state index is 9.47. The predicted molar refractivity (Wildman–Crippen MR) is 137 cm³/mol. The van der Waals surface area contributed by atoms with Crippen LogP contribution in [-0.2, 0) is 23.7 Å². The number of hydrogen-bond donors (Lipinski definition) is 2. The SMILES string of the molecule is CCO[C@@H]1[C@@H](OC)[C@H](C)O[C@@H](OC(=S)Nc2ccc(-c3ncn(-c4ccc(O)cc4)n3)cc2)[C@@H]1OC. The van der Waals surface area contributed by atoms with Gasteiger partial charge in [0.2, 0.25) is 6.29 Å². The molecular formula is C25H30N4O6S. The summed E-state index contributed by atoms with van der Waals surface area (Å²) < 4.78 is 30.6. The molecule has 0 spiro atoms. The minimum absolute atomic E-state index is 0.142. The van der Waals surface area contributed by atoms with Crippen LogP contribution < -0.4 is 5.32 Å². The Labute approximate surface area is 215 Å². The molecule has 0 saturated carbocycles. The minimum atomic E-state index is -0.764. The molecule has 4 rings (SSSR count). The van der Waals surface area contributed by atoms with Crippen LogP contribution in [0.3, 0.4) is 0 Å². The van der Waals surface area contributed by atoms with Crippen molar-refractivity contribution in [1.82, 2.24) is 14.8 Å². The van der Waals surface area contributed by atoms with E-state index in [1.807, 2.05) is 38.1 Å². The number of phenolic OH excluding ortho intramolecular Hbond substituents is 1. The summed E-state index contributed by atoms with van der Waals surface area (Å²) in [7, 11) is 3.19. The molecular weight excluding hydrogens is 484 g/mol. The molecule has 0 radical (unpaired) electrons. The van der Waals surface area contributed by atoms with Gasteiger partial charge in [0.1, 0.15) is 30.4 Å². The zero-order valence-corrected chi connectivity index (χ0v) is 21.3. The number of hydrogen-bond acceptors (Lipinski definition) is 9. The maximum atomic E-state index is 9.47. The predicted octanol–water partition coefficient (Wildman–Crippen LogP) is 3.53. The molecule has 1 aromatic heterocycles. The average molecular weight is 515 g/mol. The molecule has 0 amide bonds. The van der Waals surface area contributed by atoms with Gasteiger partial charge in [-0.25, -0.2) is 9.67 Å².